The number of hydrogen-bond acceptors (Lipinski definition) is 5. The summed E-state index contributed by atoms with van der Waals surface area (Å²) in [5.41, 5.74) is 2.29. The van der Waals surface area contributed by atoms with Crippen molar-refractivity contribution in [2.24, 2.45) is 0 Å². The highest BCUT2D eigenvalue weighted by molar-refractivity contribution is 6.04. The molecule has 0 spiro atoms. The third kappa shape index (κ3) is 5.19. The molecule has 4 rings (SSSR count). The second kappa shape index (κ2) is 9.57. The van der Waals surface area contributed by atoms with Gasteiger partial charge in [-0.2, -0.15) is 0 Å². The van der Waals surface area contributed by atoms with Gasteiger partial charge < -0.3 is 19.8 Å². The number of nitrogens with zero attached hydrogens (tertiary/aromatic N) is 1. The number of benzene rings is 2. The zero-order valence-electron chi connectivity index (χ0n) is 17.4. The van der Waals surface area contributed by atoms with E-state index in [1.165, 1.54) is 0 Å². The number of aromatic nitrogens is 1. The lowest BCUT2D eigenvalue weighted by atomic mass is 10.1. The van der Waals surface area contributed by atoms with Crippen LogP contribution in [-0.2, 0) is 16.0 Å². The molecule has 1 aliphatic heterocycles. The van der Waals surface area contributed by atoms with Crippen LogP contribution >= 0.6 is 0 Å². The number of rotatable bonds is 7. The first kappa shape index (κ1) is 20.8. The molecule has 1 saturated heterocycles. The molecule has 0 unspecified atom stereocenters. The van der Waals surface area contributed by atoms with Gasteiger partial charge in [0.1, 0.15) is 5.76 Å². The van der Waals surface area contributed by atoms with E-state index in [-0.39, 0.29) is 24.3 Å². The summed E-state index contributed by atoms with van der Waals surface area (Å²) in [4.78, 5) is 29.8. The molecular weight excluding hydrogens is 394 g/mol. The normalized spacial score (nSPS) is 15.6. The van der Waals surface area contributed by atoms with Crippen molar-refractivity contribution in [3.63, 3.8) is 0 Å². The number of hydrogen-bond donors (Lipinski definition) is 2. The number of aryl methyl sites for hydroxylation is 1. The summed E-state index contributed by atoms with van der Waals surface area (Å²) in [6, 6.07) is 16.5. The van der Waals surface area contributed by atoms with Crippen LogP contribution in [0.4, 0.5) is 5.69 Å². The van der Waals surface area contributed by atoms with E-state index in [0.29, 0.717) is 35.1 Å². The lowest BCUT2D eigenvalue weighted by molar-refractivity contribution is -0.115. The van der Waals surface area contributed by atoms with Crippen molar-refractivity contribution in [1.29, 1.82) is 0 Å². The van der Waals surface area contributed by atoms with E-state index < -0.39 is 0 Å². The average Bonchev–Trinajstić information content (AvgIpc) is 3.43. The highest BCUT2D eigenvalue weighted by Crippen LogP contribution is 2.22. The maximum absolute atomic E-state index is 12.7. The van der Waals surface area contributed by atoms with Crippen molar-refractivity contribution in [3.8, 4) is 11.5 Å². The molecule has 2 amide bonds. The number of oxazole rings is 1. The second-order valence-electron chi connectivity index (χ2n) is 7.50. The summed E-state index contributed by atoms with van der Waals surface area (Å²) >= 11 is 0. The first-order valence-corrected chi connectivity index (χ1v) is 10.4. The van der Waals surface area contributed by atoms with Crippen molar-refractivity contribution in [1.82, 2.24) is 10.3 Å². The Hall–Kier alpha value is -3.45. The molecule has 1 aliphatic rings. The van der Waals surface area contributed by atoms with Crippen LogP contribution in [0.1, 0.15) is 34.7 Å². The largest absolute Gasteiger partial charge is 0.441 e. The lowest BCUT2D eigenvalue weighted by Gasteiger charge is -2.13. The van der Waals surface area contributed by atoms with E-state index in [0.717, 1.165) is 25.0 Å². The predicted molar refractivity (Wildman–Crippen MR) is 117 cm³/mol. The summed E-state index contributed by atoms with van der Waals surface area (Å²) in [5.74, 6) is 0.567. The standard InChI is InChI=1S/C24H25N3O4/c1-16-21(27-24(31-16)17-8-3-2-4-9-17)14-22(28)26-20-12-6-5-11-19(20)23(29)25-15-18-10-7-13-30-18/h2-6,8-9,11-12,18H,7,10,13-15H2,1H3,(H,25,29)(H,26,28)/t18-/m0/s1. The Labute approximate surface area is 180 Å². The van der Waals surface area contributed by atoms with Crippen molar-refractivity contribution in [2.75, 3.05) is 18.5 Å². The van der Waals surface area contributed by atoms with Gasteiger partial charge in [-0.1, -0.05) is 30.3 Å². The Bertz CT molecular complexity index is 1060. The summed E-state index contributed by atoms with van der Waals surface area (Å²) in [7, 11) is 0. The van der Waals surface area contributed by atoms with E-state index >= 15 is 0 Å². The van der Waals surface area contributed by atoms with Crippen LogP contribution in [0.25, 0.3) is 11.5 Å². The van der Waals surface area contributed by atoms with Gasteiger partial charge in [-0.15, -0.1) is 0 Å². The van der Waals surface area contributed by atoms with Crippen molar-refractivity contribution >= 4 is 17.5 Å². The Balaban J connectivity index is 1.41. The van der Waals surface area contributed by atoms with Crippen LogP contribution < -0.4 is 10.6 Å². The van der Waals surface area contributed by atoms with Gasteiger partial charge in [-0.25, -0.2) is 4.98 Å². The van der Waals surface area contributed by atoms with Gasteiger partial charge in [0.2, 0.25) is 11.8 Å². The molecular formula is C24H25N3O4. The van der Waals surface area contributed by atoms with Crippen LogP contribution in [0.3, 0.4) is 0 Å². The van der Waals surface area contributed by atoms with Gasteiger partial charge in [-0.05, 0) is 44.0 Å². The van der Waals surface area contributed by atoms with Gasteiger partial charge >= 0.3 is 0 Å². The Kier molecular flexibility index (Phi) is 6.43. The van der Waals surface area contributed by atoms with Crippen LogP contribution in [0, 0.1) is 6.92 Å². The molecule has 7 heteroatoms. The Morgan fingerprint density at radius 3 is 2.65 bits per heavy atom. The first-order valence-electron chi connectivity index (χ1n) is 10.4. The van der Waals surface area contributed by atoms with Gasteiger partial charge in [-0.3, -0.25) is 9.59 Å². The summed E-state index contributed by atoms with van der Waals surface area (Å²) in [6.45, 7) is 2.98. The Morgan fingerprint density at radius 1 is 1.10 bits per heavy atom. The van der Waals surface area contributed by atoms with E-state index in [2.05, 4.69) is 15.6 Å². The summed E-state index contributed by atoms with van der Waals surface area (Å²) < 4.78 is 11.3. The van der Waals surface area contributed by atoms with Gasteiger partial charge in [0.15, 0.2) is 0 Å². The highest BCUT2D eigenvalue weighted by Gasteiger charge is 2.19. The van der Waals surface area contributed by atoms with E-state index in [9.17, 15) is 9.59 Å². The SMILES string of the molecule is Cc1oc(-c2ccccc2)nc1CC(=O)Nc1ccccc1C(=O)NC[C@@H]1CCCO1. The van der Waals surface area contributed by atoms with Crippen molar-refractivity contribution in [2.45, 2.75) is 32.3 Å². The third-order valence-electron chi connectivity index (χ3n) is 5.20. The number of anilines is 1. The van der Waals surface area contributed by atoms with Gasteiger partial charge in [0, 0.05) is 18.7 Å². The molecule has 0 bridgehead atoms. The minimum Gasteiger partial charge on any atom is -0.441 e. The molecule has 31 heavy (non-hydrogen) atoms. The zero-order chi connectivity index (χ0) is 21.6. The number of para-hydroxylation sites is 1. The minimum absolute atomic E-state index is 0.0496. The molecule has 2 aromatic carbocycles. The lowest BCUT2D eigenvalue weighted by Crippen LogP contribution is -2.32. The maximum atomic E-state index is 12.7. The number of ether oxygens (including phenoxy) is 1. The quantitative estimate of drug-likeness (QED) is 0.609. The fourth-order valence-corrected chi connectivity index (χ4v) is 3.54. The summed E-state index contributed by atoms with van der Waals surface area (Å²) in [6.07, 6.45) is 2.06. The van der Waals surface area contributed by atoms with Crippen LogP contribution in [-0.4, -0.2) is 36.1 Å². The molecule has 0 saturated carbocycles. The van der Waals surface area contributed by atoms with Crippen LogP contribution in [0.15, 0.2) is 59.0 Å². The minimum atomic E-state index is -0.268. The first-order chi connectivity index (χ1) is 15.1. The number of carbonyl (C=O) groups excluding carboxylic acids is 2. The van der Waals surface area contributed by atoms with Crippen LogP contribution in [0.5, 0.6) is 0 Å². The van der Waals surface area contributed by atoms with Crippen LogP contribution in [0.2, 0.25) is 0 Å². The number of nitrogens with one attached hydrogen (secondary N) is 2. The summed E-state index contributed by atoms with van der Waals surface area (Å²) in [5, 5.41) is 5.72. The molecule has 1 fully saturated rings. The molecule has 7 nitrogen and oxygen atoms in total. The number of amides is 2. The fourth-order valence-electron chi connectivity index (χ4n) is 3.54. The molecule has 3 aromatic rings. The second-order valence-corrected chi connectivity index (χ2v) is 7.50. The smallest absolute Gasteiger partial charge is 0.253 e. The fraction of sp³-hybridized carbons (Fsp3) is 0.292. The number of carbonyl (C=O) groups is 2. The van der Waals surface area contributed by atoms with Gasteiger partial charge in [0.05, 0.1) is 29.5 Å². The van der Waals surface area contributed by atoms with Crippen molar-refractivity contribution in [3.05, 3.63) is 71.6 Å². The predicted octanol–water partition coefficient (Wildman–Crippen LogP) is 3.74. The maximum Gasteiger partial charge on any atom is 0.253 e. The Morgan fingerprint density at radius 2 is 1.87 bits per heavy atom. The van der Waals surface area contributed by atoms with E-state index in [1.807, 2.05) is 30.3 Å². The monoisotopic (exact) mass is 419 g/mol. The molecule has 1 atom stereocenters. The highest BCUT2D eigenvalue weighted by atomic mass is 16.5. The molecule has 2 N–H and O–H groups in total. The third-order valence-corrected chi connectivity index (χ3v) is 5.20. The molecule has 160 valence electrons. The topological polar surface area (TPSA) is 93.5 Å². The molecule has 0 radical (unpaired) electrons. The average molecular weight is 419 g/mol. The zero-order valence-corrected chi connectivity index (χ0v) is 17.4. The van der Waals surface area contributed by atoms with Gasteiger partial charge in [0.25, 0.3) is 5.91 Å². The molecule has 1 aromatic heterocycles. The van der Waals surface area contributed by atoms with Crippen molar-refractivity contribution < 1.29 is 18.7 Å². The van der Waals surface area contributed by atoms with E-state index in [4.69, 9.17) is 9.15 Å². The molecule has 0 aliphatic carbocycles. The van der Waals surface area contributed by atoms with E-state index in [1.54, 1.807) is 31.2 Å². The molecule has 2 heterocycles.